The molecule has 3 heteroatoms. The van der Waals surface area contributed by atoms with Crippen LogP contribution in [0, 0.1) is 11.8 Å². The van der Waals surface area contributed by atoms with Gasteiger partial charge in [0, 0.05) is 24.2 Å². The maximum atomic E-state index is 6.23. The number of furan rings is 1. The van der Waals surface area contributed by atoms with Crippen molar-refractivity contribution in [1.82, 2.24) is 4.90 Å². The van der Waals surface area contributed by atoms with Gasteiger partial charge in [0.1, 0.15) is 0 Å². The lowest BCUT2D eigenvalue weighted by Gasteiger charge is -2.51. The summed E-state index contributed by atoms with van der Waals surface area (Å²) in [6, 6.07) is 2.05. The third kappa shape index (κ3) is 2.87. The molecule has 1 saturated carbocycles. The zero-order valence-corrected chi connectivity index (χ0v) is 12.6. The van der Waals surface area contributed by atoms with Crippen molar-refractivity contribution in [2.75, 3.05) is 13.6 Å². The summed E-state index contributed by atoms with van der Waals surface area (Å²) in [5, 5.41) is 0. The lowest BCUT2D eigenvalue weighted by Crippen LogP contribution is -2.59. The highest BCUT2D eigenvalue weighted by molar-refractivity contribution is 5.08. The second kappa shape index (κ2) is 6.10. The molecule has 1 aliphatic carbocycles. The summed E-state index contributed by atoms with van der Waals surface area (Å²) < 4.78 is 5.19. The fourth-order valence-electron chi connectivity index (χ4n) is 3.90. The summed E-state index contributed by atoms with van der Waals surface area (Å²) in [5.74, 6) is 1.39. The third-order valence-electron chi connectivity index (χ3n) is 4.98. The summed E-state index contributed by atoms with van der Waals surface area (Å²) in [6.07, 6.45) is 8.78. The second-order valence-electron chi connectivity index (χ2n) is 6.39. The number of hydrogen-bond donors (Lipinski definition) is 1. The molecular weight excluding hydrogens is 236 g/mol. The van der Waals surface area contributed by atoms with Gasteiger partial charge in [0.2, 0.25) is 0 Å². The van der Waals surface area contributed by atoms with Gasteiger partial charge in [-0.05, 0) is 37.8 Å². The smallest absolute Gasteiger partial charge is 0.0947 e. The number of nitrogens with zero attached hydrogens (tertiary/aromatic N) is 1. The van der Waals surface area contributed by atoms with E-state index in [0.29, 0.717) is 11.8 Å². The maximum Gasteiger partial charge on any atom is 0.0947 e. The topological polar surface area (TPSA) is 42.4 Å². The second-order valence-corrected chi connectivity index (χ2v) is 6.39. The van der Waals surface area contributed by atoms with E-state index in [1.165, 1.54) is 31.2 Å². The molecule has 1 aromatic heterocycles. The molecule has 0 amide bonds. The highest BCUT2D eigenvalue weighted by Crippen LogP contribution is 2.41. The first-order chi connectivity index (χ1) is 9.10. The molecule has 2 rings (SSSR count). The maximum absolute atomic E-state index is 6.23. The van der Waals surface area contributed by atoms with E-state index in [1.54, 1.807) is 6.26 Å². The zero-order valence-electron chi connectivity index (χ0n) is 12.6. The van der Waals surface area contributed by atoms with E-state index < -0.39 is 0 Å². The first kappa shape index (κ1) is 14.6. The zero-order chi connectivity index (χ0) is 13.9. The van der Waals surface area contributed by atoms with Gasteiger partial charge < -0.3 is 10.2 Å². The molecule has 0 aliphatic heterocycles. The van der Waals surface area contributed by atoms with Gasteiger partial charge in [-0.25, -0.2) is 0 Å². The Bertz CT molecular complexity index is 374. The average Bonchev–Trinajstić information content (AvgIpc) is 2.91. The summed E-state index contributed by atoms with van der Waals surface area (Å²) in [5.41, 5.74) is 7.63. The largest absolute Gasteiger partial charge is 0.472 e. The molecule has 3 nitrogen and oxygen atoms in total. The van der Waals surface area contributed by atoms with E-state index in [2.05, 4.69) is 25.8 Å². The van der Waals surface area contributed by atoms with E-state index >= 15 is 0 Å². The van der Waals surface area contributed by atoms with Crippen LogP contribution in [-0.2, 0) is 6.54 Å². The van der Waals surface area contributed by atoms with Crippen molar-refractivity contribution >= 4 is 0 Å². The van der Waals surface area contributed by atoms with Crippen molar-refractivity contribution in [3.05, 3.63) is 24.2 Å². The van der Waals surface area contributed by atoms with Crippen molar-refractivity contribution in [3.63, 3.8) is 0 Å². The van der Waals surface area contributed by atoms with Crippen LogP contribution in [0.4, 0.5) is 0 Å². The van der Waals surface area contributed by atoms with E-state index in [1.807, 2.05) is 12.3 Å². The van der Waals surface area contributed by atoms with Gasteiger partial charge >= 0.3 is 0 Å². The molecule has 0 spiro atoms. The van der Waals surface area contributed by atoms with Crippen LogP contribution in [0.2, 0.25) is 0 Å². The van der Waals surface area contributed by atoms with Crippen LogP contribution in [0.15, 0.2) is 23.0 Å². The van der Waals surface area contributed by atoms with Crippen LogP contribution in [-0.4, -0.2) is 24.0 Å². The quantitative estimate of drug-likeness (QED) is 0.887. The Hall–Kier alpha value is -0.800. The van der Waals surface area contributed by atoms with Gasteiger partial charge in [-0.1, -0.05) is 26.7 Å². The van der Waals surface area contributed by atoms with Gasteiger partial charge in [0.15, 0.2) is 0 Å². The highest BCUT2D eigenvalue weighted by Gasteiger charge is 2.43. The van der Waals surface area contributed by atoms with Gasteiger partial charge in [-0.3, -0.25) is 4.90 Å². The van der Waals surface area contributed by atoms with Gasteiger partial charge in [-0.15, -0.1) is 0 Å². The first-order valence-corrected chi connectivity index (χ1v) is 7.52. The van der Waals surface area contributed by atoms with Gasteiger partial charge in [0.25, 0.3) is 0 Å². The molecule has 2 unspecified atom stereocenters. The molecule has 0 radical (unpaired) electrons. The molecule has 0 saturated heterocycles. The van der Waals surface area contributed by atoms with Crippen molar-refractivity contribution in [2.24, 2.45) is 17.6 Å². The number of nitrogens with two attached hydrogens (primary N) is 1. The summed E-state index contributed by atoms with van der Waals surface area (Å²) in [7, 11) is 2.22. The fourth-order valence-corrected chi connectivity index (χ4v) is 3.90. The van der Waals surface area contributed by atoms with Gasteiger partial charge in [0.05, 0.1) is 12.5 Å². The predicted octanol–water partition coefficient (Wildman–Crippen LogP) is 3.26. The van der Waals surface area contributed by atoms with Gasteiger partial charge in [-0.2, -0.15) is 0 Å². The van der Waals surface area contributed by atoms with Crippen LogP contribution in [0.3, 0.4) is 0 Å². The Balaban J connectivity index is 2.18. The molecule has 1 aliphatic rings. The number of likely N-dealkylation sites (N-methyl/N-ethyl adjacent to an activating group) is 1. The molecule has 0 bridgehead atoms. The lowest BCUT2D eigenvalue weighted by atomic mass is 9.67. The highest BCUT2D eigenvalue weighted by atomic mass is 16.3. The standard InChI is InChI=1S/C16H28N2O/c1-13(2)15-6-4-5-8-16(15,12-17)18(3)10-14-7-9-19-11-14/h7,9,11,13,15H,4-6,8,10,12,17H2,1-3H3. The van der Waals surface area contributed by atoms with Crippen molar-refractivity contribution in [1.29, 1.82) is 0 Å². The molecule has 2 atom stereocenters. The minimum absolute atomic E-state index is 0.156. The molecule has 1 fully saturated rings. The molecule has 108 valence electrons. The Kier molecular flexibility index (Phi) is 4.69. The normalized spacial score (nSPS) is 28.2. The third-order valence-corrected chi connectivity index (χ3v) is 4.98. The Morgan fingerprint density at radius 2 is 2.26 bits per heavy atom. The van der Waals surface area contributed by atoms with E-state index in [0.717, 1.165) is 13.1 Å². The molecule has 2 N–H and O–H groups in total. The predicted molar refractivity (Wildman–Crippen MR) is 78.8 cm³/mol. The minimum Gasteiger partial charge on any atom is -0.472 e. The molecule has 19 heavy (non-hydrogen) atoms. The van der Waals surface area contributed by atoms with E-state index in [-0.39, 0.29) is 5.54 Å². The Morgan fingerprint density at radius 1 is 1.47 bits per heavy atom. The van der Waals surface area contributed by atoms with Crippen LogP contribution >= 0.6 is 0 Å². The summed E-state index contributed by atoms with van der Waals surface area (Å²) in [6.45, 7) is 6.36. The summed E-state index contributed by atoms with van der Waals surface area (Å²) in [4.78, 5) is 2.47. The van der Waals surface area contributed by atoms with E-state index in [9.17, 15) is 0 Å². The molecule has 1 heterocycles. The van der Waals surface area contributed by atoms with Crippen LogP contribution in [0.1, 0.15) is 45.1 Å². The van der Waals surface area contributed by atoms with Crippen LogP contribution < -0.4 is 5.73 Å². The van der Waals surface area contributed by atoms with Crippen molar-refractivity contribution in [2.45, 2.75) is 51.6 Å². The van der Waals surface area contributed by atoms with Crippen molar-refractivity contribution in [3.8, 4) is 0 Å². The summed E-state index contributed by atoms with van der Waals surface area (Å²) >= 11 is 0. The first-order valence-electron chi connectivity index (χ1n) is 7.52. The SMILES string of the molecule is CC(C)C1CCCCC1(CN)N(C)Cc1ccoc1. The monoisotopic (exact) mass is 264 g/mol. The van der Waals surface area contributed by atoms with Crippen LogP contribution in [0.25, 0.3) is 0 Å². The molecular formula is C16H28N2O. The van der Waals surface area contributed by atoms with Crippen LogP contribution in [0.5, 0.6) is 0 Å². The minimum atomic E-state index is 0.156. The number of hydrogen-bond acceptors (Lipinski definition) is 3. The molecule has 1 aromatic rings. The Morgan fingerprint density at radius 3 is 2.84 bits per heavy atom. The molecule has 0 aromatic carbocycles. The number of rotatable bonds is 5. The Labute approximate surface area is 117 Å². The van der Waals surface area contributed by atoms with E-state index in [4.69, 9.17) is 10.2 Å². The van der Waals surface area contributed by atoms with Crippen molar-refractivity contribution < 1.29 is 4.42 Å². The fraction of sp³-hybridized carbons (Fsp3) is 0.750. The lowest BCUT2D eigenvalue weighted by molar-refractivity contribution is -0.00192. The average molecular weight is 264 g/mol.